The zero-order valence-electron chi connectivity index (χ0n) is 10.1. The lowest BCUT2D eigenvalue weighted by atomic mass is 10.2. The number of hydrogen-bond donors (Lipinski definition) is 0. The first-order valence-electron chi connectivity index (χ1n) is 5.59. The first-order valence-corrected chi connectivity index (χ1v) is 5.59. The molecular weight excluding hydrogens is 220 g/mol. The third-order valence-electron chi connectivity index (χ3n) is 2.09. The molecule has 0 unspecified atom stereocenters. The average Bonchev–Trinajstić information content (AvgIpc) is 2.29. The highest BCUT2D eigenvalue weighted by Gasteiger charge is 2.14. The van der Waals surface area contributed by atoms with E-state index in [2.05, 4.69) is 0 Å². The number of hydrogen-bond acceptors (Lipinski definition) is 4. The standard InChI is InChI=1S/C13H16O4/c1-3-4-9-16-13(15)11-7-5-6-8-12(11)17-10(2)14/h5-8H,3-4,9H2,1-2H3. The summed E-state index contributed by atoms with van der Waals surface area (Å²) < 4.78 is 9.99. The Morgan fingerprint density at radius 2 is 1.94 bits per heavy atom. The monoisotopic (exact) mass is 236 g/mol. The van der Waals surface area contributed by atoms with Gasteiger partial charge in [-0.2, -0.15) is 0 Å². The van der Waals surface area contributed by atoms with Crippen LogP contribution in [-0.2, 0) is 9.53 Å². The van der Waals surface area contributed by atoms with Crippen LogP contribution in [0.25, 0.3) is 0 Å². The van der Waals surface area contributed by atoms with E-state index in [0.29, 0.717) is 6.61 Å². The van der Waals surface area contributed by atoms with Gasteiger partial charge in [0.1, 0.15) is 11.3 Å². The zero-order valence-corrected chi connectivity index (χ0v) is 10.1. The fraction of sp³-hybridized carbons (Fsp3) is 0.385. The van der Waals surface area contributed by atoms with E-state index in [9.17, 15) is 9.59 Å². The van der Waals surface area contributed by atoms with E-state index in [0.717, 1.165) is 12.8 Å². The molecule has 0 aliphatic rings. The van der Waals surface area contributed by atoms with Gasteiger partial charge in [-0.15, -0.1) is 0 Å². The molecule has 0 atom stereocenters. The van der Waals surface area contributed by atoms with Crippen LogP contribution in [0.15, 0.2) is 24.3 Å². The van der Waals surface area contributed by atoms with E-state index in [1.165, 1.54) is 6.92 Å². The lowest BCUT2D eigenvalue weighted by Gasteiger charge is -2.08. The summed E-state index contributed by atoms with van der Waals surface area (Å²) >= 11 is 0. The number of carbonyl (C=O) groups is 2. The van der Waals surface area contributed by atoms with E-state index in [4.69, 9.17) is 9.47 Å². The molecule has 0 aliphatic heterocycles. The summed E-state index contributed by atoms with van der Waals surface area (Å²) in [6.07, 6.45) is 1.78. The predicted octanol–water partition coefficient (Wildman–Crippen LogP) is 2.57. The van der Waals surface area contributed by atoms with Crippen molar-refractivity contribution in [2.45, 2.75) is 26.7 Å². The minimum atomic E-state index is -0.463. The van der Waals surface area contributed by atoms with Crippen molar-refractivity contribution in [1.29, 1.82) is 0 Å². The first kappa shape index (κ1) is 13.2. The molecular formula is C13H16O4. The summed E-state index contributed by atoms with van der Waals surface area (Å²) in [7, 11) is 0. The number of esters is 2. The van der Waals surface area contributed by atoms with Gasteiger partial charge in [0.15, 0.2) is 0 Å². The fourth-order valence-electron chi connectivity index (χ4n) is 1.27. The molecule has 4 heteroatoms. The van der Waals surface area contributed by atoms with Gasteiger partial charge in [0.2, 0.25) is 0 Å². The van der Waals surface area contributed by atoms with E-state index >= 15 is 0 Å². The Bertz CT molecular complexity index is 398. The average molecular weight is 236 g/mol. The third-order valence-corrected chi connectivity index (χ3v) is 2.09. The third kappa shape index (κ3) is 4.26. The molecule has 0 saturated carbocycles. The van der Waals surface area contributed by atoms with Crippen LogP contribution in [0.5, 0.6) is 5.75 Å². The zero-order chi connectivity index (χ0) is 12.7. The van der Waals surface area contributed by atoms with Crippen LogP contribution in [-0.4, -0.2) is 18.5 Å². The Morgan fingerprint density at radius 3 is 2.59 bits per heavy atom. The van der Waals surface area contributed by atoms with Crippen molar-refractivity contribution in [3.8, 4) is 5.75 Å². The molecule has 92 valence electrons. The Hall–Kier alpha value is -1.84. The number of para-hydroxylation sites is 1. The maximum atomic E-state index is 11.7. The molecule has 1 rings (SSSR count). The van der Waals surface area contributed by atoms with E-state index in [1.807, 2.05) is 6.92 Å². The van der Waals surface area contributed by atoms with Gasteiger partial charge in [-0.05, 0) is 18.6 Å². The molecule has 1 aromatic carbocycles. The molecule has 4 nitrogen and oxygen atoms in total. The predicted molar refractivity (Wildman–Crippen MR) is 62.9 cm³/mol. The number of unbranched alkanes of at least 4 members (excludes halogenated alkanes) is 1. The van der Waals surface area contributed by atoms with Gasteiger partial charge >= 0.3 is 11.9 Å². The van der Waals surface area contributed by atoms with Crippen molar-refractivity contribution in [2.24, 2.45) is 0 Å². The molecule has 0 aliphatic carbocycles. The van der Waals surface area contributed by atoms with Gasteiger partial charge in [0.05, 0.1) is 6.61 Å². The highest BCUT2D eigenvalue weighted by Crippen LogP contribution is 2.19. The second kappa shape index (κ2) is 6.68. The molecule has 0 aromatic heterocycles. The topological polar surface area (TPSA) is 52.6 Å². The van der Waals surface area contributed by atoms with Crippen molar-refractivity contribution in [3.05, 3.63) is 29.8 Å². The normalized spacial score (nSPS) is 9.76. The minimum absolute atomic E-state index is 0.237. The first-order chi connectivity index (χ1) is 8.15. The highest BCUT2D eigenvalue weighted by atomic mass is 16.5. The minimum Gasteiger partial charge on any atom is -0.462 e. The molecule has 0 spiro atoms. The van der Waals surface area contributed by atoms with Crippen molar-refractivity contribution in [1.82, 2.24) is 0 Å². The van der Waals surface area contributed by atoms with Crippen LogP contribution in [0.3, 0.4) is 0 Å². The SMILES string of the molecule is CCCCOC(=O)c1ccccc1OC(C)=O. The smallest absolute Gasteiger partial charge is 0.341 e. The quantitative estimate of drug-likeness (QED) is 0.448. The van der Waals surface area contributed by atoms with Gasteiger partial charge in [-0.3, -0.25) is 4.79 Å². The number of rotatable bonds is 5. The van der Waals surface area contributed by atoms with E-state index in [-0.39, 0.29) is 11.3 Å². The molecule has 0 N–H and O–H groups in total. The largest absolute Gasteiger partial charge is 0.462 e. The van der Waals surface area contributed by atoms with Gasteiger partial charge in [-0.25, -0.2) is 4.79 Å². The van der Waals surface area contributed by atoms with Crippen LogP contribution >= 0.6 is 0 Å². The molecule has 0 amide bonds. The second-order valence-electron chi connectivity index (χ2n) is 3.58. The van der Waals surface area contributed by atoms with Crippen molar-refractivity contribution >= 4 is 11.9 Å². The molecule has 1 aromatic rings. The second-order valence-corrected chi connectivity index (χ2v) is 3.58. The molecule has 0 bridgehead atoms. The van der Waals surface area contributed by atoms with Crippen molar-refractivity contribution in [3.63, 3.8) is 0 Å². The van der Waals surface area contributed by atoms with Crippen LogP contribution in [0.4, 0.5) is 0 Å². The molecule has 0 saturated heterocycles. The van der Waals surface area contributed by atoms with E-state index in [1.54, 1.807) is 24.3 Å². The van der Waals surface area contributed by atoms with E-state index < -0.39 is 11.9 Å². The highest BCUT2D eigenvalue weighted by molar-refractivity contribution is 5.93. The summed E-state index contributed by atoms with van der Waals surface area (Å²) in [5, 5.41) is 0. The molecule has 0 fully saturated rings. The van der Waals surface area contributed by atoms with Crippen molar-refractivity contribution < 1.29 is 19.1 Å². The van der Waals surface area contributed by atoms with Gasteiger partial charge in [0, 0.05) is 6.92 Å². The Balaban J connectivity index is 2.74. The number of carbonyl (C=O) groups excluding carboxylic acids is 2. The number of benzene rings is 1. The van der Waals surface area contributed by atoms with Crippen LogP contribution in [0.2, 0.25) is 0 Å². The molecule has 17 heavy (non-hydrogen) atoms. The Labute approximate surface area is 101 Å². The fourth-order valence-corrected chi connectivity index (χ4v) is 1.27. The molecule has 0 radical (unpaired) electrons. The summed E-state index contributed by atoms with van der Waals surface area (Å²) in [6, 6.07) is 6.54. The lowest BCUT2D eigenvalue weighted by Crippen LogP contribution is -2.10. The summed E-state index contributed by atoms with van der Waals surface area (Å²) in [6.45, 7) is 3.68. The van der Waals surface area contributed by atoms with Crippen LogP contribution in [0.1, 0.15) is 37.0 Å². The summed E-state index contributed by atoms with van der Waals surface area (Å²) in [5.41, 5.74) is 0.277. The Kier molecular flexibility index (Phi) is 5.20. The maximum Gasteiger partial charge on any atom is 0.341 e. The lowest BCUT2D eigenvalue weighted by molar-refractivity contribution is -0.131. The summed E-state index contributed by atoms with van der Waals surface area (Å²) in [4.78, 5) is 22.6. The van der Waals surface area contributed by atoms with Gasteiger partial charge in [0.25, 0.3) is 0 Å². The van der Waals surface area contributed by atoms with Crippen LogP contribution in [0, 0.1) is 0 Å². The molecule has 0 heterocycles. The van der Waals surface area contributed by atoms with Gasteiger partial charge < -0.3 is 9.47 Å². The Morgan fingerprint density at radius 1 is 1.24 bits per heavy atom. The van der Waals surface area contributed by atoms with Crippen LogP contribution < -0.4 is 4.74 Å². The maximum absolute atomic E-state index is 11.7. The van der Waals surface area contributed by atoms with Crippen molar-refractivity contribution in [2.75, 3.05) is 6.61 Å². The summed E-state index contributed by atoms with van der Waals surface area (Å²) in [5.74, 6) is -0.685. The van der Waals surface area contributed by atoms with Gasteiger partial charge in [-0.1, -0.05) is 25.5 Å². The number of ether oxygens (including phenoxy) is 2.